The Labute approximate surface area is 158 Å². The van der Waals surface area contributed by atoms with E-state index in [0.717, 1.165) is 12.1 Å². The third-order valence-corrected chi connectivity index (χ3v) is 5.98. The van der Waals surface area contributed by atoms with Crippen molar-refractivity contribution in [3.63, 3.8) is 0 Å². The van der Waals surface area contributed by atoms with E-state index in [0.29, 0.717) is 36.1 Å². The second kappa shape index (κ2) is 7.29. The number of amides is 1. The molecule has 0 spiro atoms. The molecule has 3 heterocycles. The maximum absolute atomic E-state index is 12.9. The predicted octanol–water partition coefficient (Wildman–Crippen LogP) is 2.28. The number of nitrogens with one attached hydrogen (secondary N) is 2. The number of carbonyl (C=O) groups excluding carboxylic acids is 1. The van der Waals surface area contributed by atoms with Crippen molar-refractivity contribution >= 4 is 5.91 Å². The van der Waals surface area contributed by atoms with Crippen LogP contribution in [0, 0.1) is 13.8 Å². The van der Waals surface area contributed by atoms with Crippen molar-refractivity contribution in [1.29, 1.82) is 0 Å². The van der Waals surface area contributed by atoms with E-state index in [-0.39, 0.29) is 17.9 Å². The first-order valence-electron chi connectivity index (χ1n) is 9.93. The molecule has 0 radical (unpaired) electrons. The molecule has 4 rings (SSSR count). The van der Waals surface area contributed by atoms with E-state index >= 15 is 0 Å². The molecule has 144 valence electrons. The van der Waals surface area contributed by atoms with Crippen molar-refractivity contribution in [2.24, 2.45) is 0 Å². The molecule has 1 aliphatic carbocycles. The van der Waals surface area contributed by atoms with Crippen LogP contribution in [0.15, 0.2) is 4.79 Å². The van der Waals surface area contributed by atoms with E-state index in [1.165, 1.54) is 43.4 Å². The maximum Gasteiger partial charge on any atom is 0.254 e. The lowest BCUT2D eigenvalue weighted by Crippen LogP contribution is -2.38. The second-order valence-electron chi connectivity index (χ2n) is 7.86. The normalized spacial score (nSPS) is 17.8. The molecule has 1 saturated carbocycles. The third kappa shape index (κ3) is 3.55. The SMILES string of the molecule is Cc1nc(C)c(CC(=O)N2CCc3[nH]nc(C4CCCCC4)c3C2)c(=O)[nH]1. The number of hydrogen-bond donors (Lipinski definition) is 2. The van der Waals surface area contributed by atoms with Crippen molar-refractivity contribution in [1.82, 2.24) is 25.1 Å². The molecule has 27 heavy (non-hydrogen) atoms. The number of carbonyl (C=O) groups is 1. The Morgan fingerprint density at radius 1 is 1.22 bits per heavy atom. The molecule has 0 unspecified atom stereocenters. The summed E-state index contributed by atoms with van der Waals surface area (Å²) in [6, 6.07) is 0. The van der Waals surface area contributed by atoms with Crippen LogP contribution in [0.1, 0.15) is 72.1 Å². The van der Waals surface area contributed by atoms with Crippen molar-refractivity contribution in [3.8, 4) is 0 Å². The van der Waals surface area contributed by atoms with Gasteiger partial charge in [-0.2, -0.15) is 5.10 Å². The summed E-state index contributed by atoms with van der Waals surface area (Å²) in [4.78, 5) is 34.0. The number of fused-ring (bicyclic) bond motifs is 1. The number of nitrogens with zero attached hydrogens (tertiary/aromatic N) is 3. The maximum atomic E-state index is 12.9. The topological polar surface area (TPSA) is 94.7 Å². The van der Waals surface area contributed by atoms with Crippen LogP contribution in [-0.4, -0.2) is 37.5 Å². The van der Waals surface area contributed by atoms with E-state index in [1.54, 1.807) is 13.8 Å². The fraction of sp³-hybridized carbons (Fsp3) is 0.600. The van der Waals surface area contributed by atoms with Gasteiger partial charge in [0, 0.05) is 47.9 Å². The van der Waals surface area contributed by atoms with Gasteiger partial charge in [0.1, 0.15) is 5.82 Å². The Morgan fingerprint density at radius 2 is 2.00 bits per heavy atom. The van der Waals surface area contributed by atoms with Crippen molar-refractivity contribution in [2.45, 2.75) is 71.3 Å². The van der Waals surface area contributed by atoms with Gasteiger partial charge >= 0.3 is 0 Å². The molecule has 0 saturated heterocycles. The highest BCUT2D eigenvalue weighted by Crippen LogP contribution is 2.35. The molecule has 2 N–H and O–H groups in total. The van der Waals surface area contributed by atoms with Crippen LogP contribution < -0.4 is 5.56 Å². The van der Waals surface area contributed by atoms with Crippen molar-refractivity contribution in [2.75, 3.05) is 6.54 Å². The lowest BCUT2D eigenvalue weighted by molar-refractivity contribution is -0.131. The van der Waals surface area contributed by atoms with Gasteiger partial charge in [-0.3, -0.25) is 14.7 Å². The van der Waals surface area contributed by atoms with E-state index in [9.17, 15) is 9.59 Å². The predicted molar refractivity (Wildman–Crippen MR) is 102 cm³/mol. The van der Waals surface area contributed by atoms with Gasteiger partial charge < -0.3 is 9.88 Å². The number of H-pyrrole nitrogens is 2. The lowest BCUT2D eigenvalue weighted by atomic mass is 9.84. The summed E-state index contributed by atoms with van der Waals surface area (Å²) in [7, 11) is 0. The van der Waals surface area contributed by atoms with Crippen LogP contribution in [0.3, 0.4) is 0 Å². The zero-order valence-electron chi connectivity index (χ0n) is 16.1. The van der Waals surface area contributed by atoms with Crippen LogP contribution in [-0.2, 0) is 24.2 Å². The molecule has 0 bridgehead atoms. The van der Waals surface area contributed by atoms with E-state index in [1.807, 2.05) is 4.90 Å². The quantitative estimate of drug-likeness (QED) is 0.868. The van der Waals surface area contributed by atoms with Crippen LogP contribution in [0.5, 0.6) is 0 Å². The molecule has 0 atom stereocenters. The van der Waals surface area contributed by atoms with Gasteiger partial charge in [-0.25, -0.2) is 4.98 Å². The van der Waals surface area contributed by atoms with Crippen LogP contribution in [0.25, 0.3) is 0 Å². The molecular weight excluding hydrogens is 342 g/mol. The van der Waals surface area contributed by atoms with Gasteiger partial charge in [0.05, 0.1) is 12.1 Å². The van der Waals surface area contributed by atoms with E-state index in [4.69, 9.17) is 0 Å². The van der Waals surface area contributed by atoms with Gasteiger partial charge in [-0.05, 0) is 26.7 Å². The summed E-state index contributed by atoms with van der Waals surface area (Å²) in [5.74, 6) is 1.07. The average molecular weight is 369 g/mol. The van der Waals surface area contributed by atoms with Crippen molar-refractivity contribution in [3.05, 3.63) is 44.4 Å². The summed E-state index contributed by atoms with van der Waals surface area (Å²) < 4.78 is 0. The van der Waals surface area contributed by atoms with E-state index < -0.39 is 0 Å². The Hall–Kier alpha value is -2.44. The van der Waals surface area contributed by atoms with Crippen LogP contribution in [0.2, 0.25) is 0 Å². The fourth-order valence-electron chi connectivity index (χ4n) is 4.47. The molecule has 2 aromatic rings. The molecule has 2 aliphatic rings. The van der Waals surface area contributed by atoms with Gasteiger partial charge in [-0.15, -0.1) is 0 Å². The Bertz CT molecular complexity index is 908. The summed E-state index contributed by atoms with van der Waals surface area (Å²) in [5, 5.41) is 7.81. The molecule has 2 aromatic heterocycles. The highest BCUT2D eigenvalue weighted by Gasteiger charge is 2.29. The summed E-state index contributed by atoms with van der Waals surface area (Å²) >= 11 is 0. The number of aromatic nitrogens is 4. The average Bonchev–Trinajstić information content (AvgIpc) is 3.08. The first kappa shape index (κ1) is 17.9. The minimum atomic E-state index is -0.211. The van der Waals surface area contributed by atoms with Gasteiger partial charge in [-0.1, -0.05) is 19.3 Å². The zero-order chi connectivity index (χ0) is 19.0. The van der Waals surface area contributed by atoms with Crippen LogP contribution >= 0.6 is 0 Å². The highest BCUT2D eigenvalue weighted by molar-refractivity contribution is 5.79. The Morgan fingerprint density at radius 3 is 2.74 bits per heavy atom. The largest absolute Gasteiger partial charge is 0.338 e. The first-order chi connectivity index (χ1) is 13.0. The third-order valence-electron chi connectivity index (χ3n) is 5.98. The molecule has 1 fully saturated rings. The van der Waals surface area contributed by atoms with E-state index in [2.05, 4.69) is 20.2 Å². The number of hydrogen-bond acceptors (Lipinski definition) is 4. The fourth-order valence-corrected chi connectivity index (χ4v) is 4.47. The Kier molecular flexibility index (Phi) is 4.85. The summed E-state index contributed by atoms with van der Waals surface area (Å²) in [6.07, 6.45) is 7.10. The van der Waals surface area contributed by atoms with Gasteiger partial charge in [0.25, 0.3) is 5.56 Å². The zero-order valence-corrected chi connectivity index (χ0v) is 16.1. The molecular formula is C20H27N5O2. The monoisotopic (exact) mass is 369 g/mol. The minimum Gasteiger partial charge on any atom is -0.338 e. The van der Waals surface area contributed by atoms with Gasteiger partial charge in [0.2, 0.25) is 5.91 Å². The molecule has 7 heteroatoms. The molecule has 1 aliphatic heterocycles. The molecule has 1 amide bonds. The van der Waals surface area contributed by atoms with Crippen molar-refractivity contribution < 1.29 is 4.79 Å². The smallest absolute Gasteiger partial charge is 0.254 e. The second-order valence-corrected chi connectivity index (χ2v) is 7.86. The van der Waals surface area contributed by atoms with Gasteiger partial charge in [0.15, 0.2) is 0 Å². The van der Waals surface area contributed by atoms with Crippen LogP contribution in [0.4, 0.5) is 0 Å². The standard InChI is InChI=1S/C20H27N5O2/c1-12-15(20(27)22-13(2)21-12)10-18(26)25-9-8-17-16(11-25)19(24-23-17)14-6-4-3-5-7-14/h14H,3-11H2,1-2H3,(H,23,24)(H,21,22,27). The number of rotatable bonds is 3. The number of aromatic amines is 2. The Balaban J connectivity index is 1.52. The molecule has 7 nitrogen and oxygen atoms in total. The highest BCUT2D eigenvalue weighted by atomic mass is 16.2. The minimum absolute atomic E-state index is 0.0179. The summed E-state index contributed by atoms with van der Waals surface area (Å²) in [6.45, 7) is 4.79. The first-order valence-corrected chi connectivity index (χ1v) is 9.93. The number of aryl methyl sites for hydroxylation is 2. The lowest BCUT2D eigenvalue weighted by Gasteiger charge is -2.29. The summed E-state index contributed by atoms with van der Waals surface area (Å²) in [5.41, 5.74) is 4.43. The molecule has 0 aromatic carbocycles.